The van der Waals surface area contributed by atoms with Gasteiger partial charge in [-0.2, -0.15) is 0 Å². The lowest BCUT2D eigenvalue weighted by Gasteiger charge is -2.30. The zero-order valence-electron chi connectivity index (χ0n) is 18.9. The number of oxazole rings is 1. The van der Waals surface area contributed by atoms with E-state index in [0.717, 1.165) is 49.4 Å². The molecule has 2 aromatic rings. The van der Waals surface area contributed by atoms with Crippen LogP contribution < -0.4 is 14.8 Å². The predicted octanol–water partition coefficient (Wildman–Crippen LogP) is 3.03. The number of carbonyl (C=O) groups excluding carboxylic acids is 1. The molecule has 1 aromatic heterocycles. The first-order valence-electron chi connectivity index (χ1n) is 10.7. The molecule has 1 N–H and O–H groups in total. The minimum Gasteiger partial charge on any atom is -0.493 e. The second-order valence-corrected chi connectivity index (χ2v) is 7.78. The molecular formula is C23H33N3O5. The predicted molar refractivity (Wildman–Crippen MR) is 117 cm³/mol. The number of amides is 1. The molecular weight excluding hydrogens is 398 g/mol. The van der Waals surface area contributed by atoms with Gasteiger partial charge in [0, 0.05) is 38.3 Å². The smallest absolute Gasteiger partial charge is 0.226 e. The van der Waals surface area contributed by atoms with Crippen molar-refractivity contribution in [2.45, 2.75) is 32.7 Å². The molecule has 0 spiro atoms. The molecule has 1 aliphatic rings. The number of carbonyl (C=O) groups is 1. The van der Waals surface area contributed by atoms with Crippen LogP contribution in [0.4, 0.5) is 0 Å². The third-order valence-electron chi connectivity index (χ3n) is 5.68. The summed E-state index contributed by atoms with van der Waals surface area (Å²) in [6.45, 7) is 5.73. The maximum Gasteiger partial charge on any atom is 0.226 e. The molecule has 0 bridgehead atoms. The van der Waals surface area contributed by atoms with Gasteiger partial charge in [0.1, 0.15) is 5.76 Å². The van der Waals surface area contributed by atoms with Crippen molar-refractivity contribution in [3.05, 3.63) is 29.7 Å². The molecule has 0 saturated carbocycles. The first-order valence-corrected chi connectivity index (χ1v) is 10.7. The molecule has 1 aliphatic heterocycles. The number of methoxy groups -OCH3 is 3. The van der Waals surface area contributed by atoms with E-state index in [9.17, 15) is 4.79 Å². The summed E-state index contributed by atoms with van der Waals surface area (Å²) in [7, 11) is 4.89. The molecule has 1 saturated heterocycles. The van der Waals surface area contributed by atoms with E-state index in [2.05, 4.69) is 10.2 Å². The van der Waals surface area contributed by atoms with E-state index in [-0.39, 0.29) is 11.8 Å². The van der Waals surface area contributed by atoms with E-state index in [1.165, 1.54) is 0 Å². The van der Waals surface area contributed by atoms with E-state index >= 15 is 0 Å². The van der Waals surface area contributed by atoms with E-state index in [0.29, 0.717) is 37.1 Å². The summed E-state index contributed by atoms with van der Waals surface area (Å²) in [5, 5.41) is 3.02. The van der Waals surface area contributed by atoms with Crippen molar-refractivity contribution >= 4 is 5.91 Å². The van der Waals surface area contributed by atoms with Crippen molar-refractivity contribution in [1.29, 1.82) is 0 Å². The van der Waals surface area contributed by atoms with Gasteiger partial charge >= 0.3 is 0 Å². The van der Waals surface area contributed by atoms with Crippen LogP contribution in [-0.2, 0) is 16.1 Å². The Labute approximate surface area is 183 Å². The number of rotatable bonds is 10. The third-order valence-corrected chi connectivity index (χ3v) is 5.68. The monoisotopic (exact) mass is 431 g/mol. The Kier molecular flexibility index (Phi) is 8.31. The first-order chi connectivity index (χ1) is 15.0. The van der Waals surface area contributed by atoms with Crippen molar-refractivity contribution in [1.82, 2.24) is 15.2 Å². The highest BCUT2D eigenvalue weighted by molar-refractivity contribution is 5.78. The van der Waals surface area contributed by atoms with E-state index in [4.69, 9.17) is 23.6 Å². The normalized spacial score (nSPS) is 15.1. The Morgan fingerprint density at radius 3 is 2.61 bits per heavy atom. The number of ether oxygens (including phenoxy) is 3. The summed E-state index contributed by atoms with van der Waals surface area (Å²) in [4.78, 5) is 19.4. The van der Waals surface area contributed by atoms with Crippen LogP contribution in [0.15, 0.2) is 22.6 Å². The maximum absolute atomic E-state index is 12.3. The molecule has 0 radical (unpaired) electrons. The summed E-state index contributed by atoms with van der Waals surface area (Å²) in [5.74, 6) is 2.92. The fourth-order valence-corrected chi connectivity index (χ4v) is 3.80. The summed E-state index contributed by atoms with van der Waals surface area (Å²) in [5.41, 5.74) is 1.77. The standard InChI is InChI=1S/C23H33N3O5/c1-16-19(25-23(31-16)18-6-7-20(29-3)21(14-18)30-4)15-26-11-8-17(9-12-26)22(27)24-10-5-13-28-2/h6-7,14,17H,5,8-13,15H2,1-4H3,(H,24,27). The van der Waals surface area contributed by atoms with Gasteiger partial charge in [-0.15, -0.1) is 0 Å². The van der Waals surface area contributed by atoms with Crippen LogP contribution >= 0.6 is 0 Å². The number of nitrogens with zero attached hydrogens (tertiary/aromatic N) is 2. The van der Waals surface area contributed by atoms with Crippen molar-refractivity contribution in [3.8, 4) is 23.0 Å². The zero-order valence-corrected chi connectivity index (χ0v) is 18.9. The van der Waals surface area contributed by atoms with Crippen LogP contribution in [0.1, 0.15) is 30.7 Å². The molecule has 31 heavy (non-hydrogen) atoms. The van der Waals surface area contributed by atoms with Gasteiger partial charge in [-0.05, 0) is 57.5 Å². The van der Waals surface area contributed by atoms with Gasteiger partial charge < -0.3 is 23.9 Å². The number of likely N-dealkylation sites (tertiary alicyclic amines) is 1. The average molecular weight is 432 g/mol. The van der Waals surface area contributed by atoms with Gasteiger partial charge in [0.05, 0.1) is 19.9 Å². The average Bonchev–Trinajstić information content (AvgIpc) is 3.16. The molecule has 8 heteroatoms. The number of aromatic nitrogens is 1. The summed E-state index contributed by atoms with van der Waals surface area (Å²) >= 11 is 0. The highest BCUT2D eigenvalue weighted by atomic mass is 16.5. The lowest BCUT2D eigenvalue weighted by Crippen LogP contribution is -2.40. The fourth-order valence-electron chi connectivity index (χ4n) is 3.80. The molecule has 3 rings (SSSR count). The molecule has 1 aromatic carbocycles. The molecule has 0 aliphatic carbocycles. The third kappa shape index (κ3) is 5.98. The van der Waals surface area contributed by atoms with Crippen LogP contribution in [0, 0.1) is 12.8 Å². The van der Waals surface area contributed by atoms with Crippen molar-refractivity contribution in [2.75, 3.05) is 47.6 Å². The quantitative estimate of drug-likeness (QED) is 0.579. The maximum atomic E-state index is 12.3. The fraction of sp³-hybridized carbons (Fsp3) is 0.565. The number of benzene rings is 1. The number of hydrogen-bond acceptors (Lipinski definition) is 7. The van der Waals surface area contributed by atoms with Crippen LogP contribution in [0.5, 0.6) is 11.5 Å². The first kappa shape index (κ1) is 23.1. The van der Waals surface area contributed by atoms with Crippen molar-refractivity contribution in [2.24, 2.45) is 5.92 Å². The number of piperidine rings is 1. The van der Waals surface area contributed by atoms with Crippen LogP contribution in [0.3, 0.4) is 0 Å². The topological polar surface area (TPSA) is 86.1 Å². The minimum absolute atomic E-state index is 0.0829. The molecule has 8 nitrogen and oxygen atoms in total. The van der Waals surface area contributed by atoms with Crippen LogP contribution in [-0.4, -0.2) is 63.4 Å². The van der Waals surface area contributed by atoms with Gasteiger partial charge in [0.15, 0.2) is 11.5 Å². The van der Waals surface area contributed by atoms with Crippen molar-refractivity contribution in [3.63, 3.8) is 0 Å². The van der Waals surface area contributed by atoms with Gasteiger partial charge in [-0.1, -0.05) is 0 Å². The van der Waals surface area contributed by atoms with E-state index < -0.39 is 0 Å². The Balaban J connectivity index is 1.55. The summed E-state index contributed by atoms with van der Waals surface area (Å²) < 4.78 is 21.6. The molecule has 1 amide bonds. The zero-order chi connectivity index (χ0) is 22.2. The molecule has 2 heterocycles. The largest absolute Gasteiger partial charge is 0.493 e. The minimum atomic E-state index is 0.0829. The molecule has 0 atom stereocenters. The van der Waals surface area contributed by atoms with Gasteiger partial charge in [0.25, 0.3) is 0 Å². The molecule has 0 unspecified atom stereocenters. The van der Waals surface area contributed by atoms with Crippen LogP contribution in [0.2, 0.25) is 0 Å². The molecule has 1 fully saturated rings. The van der Waals surface area contributed by atoms with Gasteiger partial charge in [-0.3, -0.25) is 9.69 Å². The lowest BCUT2D eigenvalue weighted by atomic mass is 9.95. The summed E-state index contributed by atoms with van der Waals surface area (Å²) in [6, 6.07) is 5.62. The number of aryl methyl sites for hydroxylation is 1. The number of hydrogen-bond donors (Lipinski definition) is 1. The summed E-state index contributed by atoms with van der Waals surface area (Å²) in [6.07, 6.45) is 2.56. The Morgan fingerprint density at radius 1 is 1.19 bits per heavy atom. The van der Waals surface area contributed by atoms with E-state index in [1.807, 2.05) is 25.1 Å². The Bertz CT molecular complexity index is 859. The second-order valence-electron chi connectivity index (χ2n) is 7.78. The number of nitrogens with one attached hydrogen (secondary N) is 1. The SMILES string of the molecule is COCCCNC(=O)C1CCN(Cc2nc(-c3ccc(OC)c(OC)c3)oc2C)CC1. The van der Waals surface area contributed by atoms with Gasteiger partial charge in [0.2, 0.25) is 11.8 Å². The van der Waals surface area contributed by atoms with E-state index in [1.54, 1.807) is 21.3 Å². The van der Waals surface area contributed by atoms with Crippen molar-refractivity contribution < 1.29 is 23.4 Å². The Hall–Kier alpha value is -2.58. The highest BCUT2D eigenvalue weighted by Gasteiger charge is 2.26. The second kappa shape index (κ2) is 11.2. The lowest BCUT2D eigenvalue weighted by molar-refractivity contribution is -0.126. The van der Waals surface area contributed by atoms with Gasteiger partial charge in [-0.25, -0.2) is 4.98 Å². The molecule has 170 valence electrons. The highest BCUT2D eigenvalue weighted by Crippen LogP contribution is 2.33. The Morgan fingerprint density at radius 2 is 1.94 bits per heavy atom. The van der Waals surface area contributed by atoms with Crippen LogP contribution in [0.25, 0.3) is 11.5 Å².